The number of methoxy groups -OCH3 is 1. The van der Waals surface area contributed by atoms with Gasteiger partial charge in [-0.2, -0.15) is 5.10 Å². The van der Waals surface area contributed by atoms with Crippen molar-refractivity contribution in [3.63, 3.8) is 0 Å². The summed E-state index contributed by atoms with van der Waals surface area (Å²) in [6.45, 7) is 1.98. The lowest BCUT2D eigenvalue weighted by Gasteiger charge is -2.17. The smallest absolute Gasteiger partial charge is 0.165 e. The van der Waals surface area contributed by atoms with Gasteiger partial charge in [-0.25, -0.2) is 4.39 Å². The standard InChI is InChI=1S/C16H16FN3O/c1-10(11-6-7-15(21-2)13(17)8-11)19-14-5-3-4-12-9-18-20-16(12)14/h3-10,19H,1-2H3,(H,18,20). The second kappa shape index (κ2) is 5.44. The molecule has 0 fully saturated rings. The Balaban J connectivity index is 1.87. The summed E-state index contributed by atoms with van der Waals surface area (Å²) in [4.78, 5) is 0. The first-order valence-corrected chi connectivity index (χ1v) is 6.71. The van der Waals surface area contributed by atoms with Crippen molar-refractivity contribution in [2.24, 2.45) is 0 Å². The van der Waals surface area contributed by atoms with E-state index in [0.717, 1.165) is 22.2 Å². The molecule has 21 heavy (non-hydrogen) atoms. The summed E-state index contributed by atoms with van der Waals surface area (Å²) in [6, 6.07) is 10.9. The molecule has 0 radical (unpaired) electrons. The van der Waals surface area contributed by atoms with Crippen LogP contribution in [0.1, 0.15) is 18.5 Å². The van der Waals surface area contributed by atoms with Gasteiger partial charge in [0.05, 0.1) is 24.5 Å². The number of halogens is 1. The molecule has 1 heterocycles. The van der Waals surface area contributed by atoms with Crippen molar-refractivity contribution in [3.8, 4) is 5.75 Å². The highest BCUT2D eigenvalue weighted by molar-refractivity contribution is 5.90. The van der Waals surface area contributed by atoms with Gasteiger partial charge < -0.3 is 10.1 Å². The summed E-state index contributed by atoms with van der Waals surface area (Å²) < 4.78 is 18.7. The Hall–Kier alpha value is -2.56. The van der Waals surface area contributed by atoms with Crippen molar-refractivity contribution >= 4 is 16.6 Å². The average Bonchev–Trinajstić information content (AvgIpc) is 2.96. The average molecular weight is 285 g/mol. The molecule has 1 unspecified atom stereocenters. The van der Waals surface area contributed by atoms with Gasteiger partial charge in [0.25, 0.3) is 0 Å². The first-order chi connectivity index (χ1) is 10.2. The molecule has 0 aliphatic carbocycles. The number of anilines is 1. The van der Waals surface area contributed by atoms with Crippen LogP contribution in [0.3, 0.4) is 0 Å². The van der Waals surface area contributed by atoms with Crippen LogP contribution in [0.15, 0.2) is 42.6 Å². The minimum absolute atomic E-state index is 0.0423. The molecular formula is C16H16FN3O. The number of H-pyrrole nitrogens is 1. The van der Waals surface area contributed by atoms with Crippen LogP contribution in [0.25, 0.3) is 10.9 Å². The Bertz CT molecular complexity index is 769. The van der Waals surface area contributed by atoms with E-state index >= 15 is 0 Å². The molecule has 3 aromatic rings. The molecule has 0 saturated heterocycles. The summed E-state index contributed by atoms with van der Waals surface area (Å²) >= 11 is 0. The fourth-order valence-corrected chi connectivity index (χ4v) is 2.36. The van der Waals surface area contributed by atoms with Crippen LogP contribution in [0.4, 0.5) is 10.1 Å². The molecule has 5 heteroatoms. The lowest BCUT2D eigenvalue weighted by atomic mass is 10.1. The van der Waals surface area contributed by atoms with E-state index in [1.165, 1.54) is 13.2 Å². The summed E-state index contributed by atoms with van der Waals surface area (Å²) in [5.74, 6) is -0.106. The third-order valence-electron chi connectivity index (χ3n) is 3.52. The first kappa shape index (κ1) is 13.4. The zero-order valence-corrected chi connectivity index (χ0v) is 11.9. The van der Waals surface area contributed by atoms with Crippen LogP contribution >= 0.6 is 0 Å². The van der Waals surface area contributed by atoms with E-state index < -0.39 is 0 Å². The molecule has 2 N–H and O–H groups in total. The van der Waals surface area contributed by atoms with Gasteiger partial charge in [-0.1, -0.05) is 18.2 Å². The van der Waals surface area contributed by atoms with Gasteiger partial charge >= 0.3 is 0 Å². The van der Waals surface area contributed by atoms with Gasteiger partial charge in [-0.05, 0) is 30.7 Å². The fourth-order valence-electron chi connectivity index (χ4n) is 2.36. The minimum atomic E-state index is -0.358. The van der Waals surface area contributed by atoms with Crippen LogP contribution in [-0.4, -0.2) is 17.3 Å². The number of para-hydroxylation sites is 1. The summed E-state index contributed by atoms with van der Waals surface area (Å²) in [5, 5.41) is 11.4. The zero-order chi connectivity index (χ0) is 14.8. The van der Waals surface area contributed by atoms with E-state index in [9.17, 15) is 4.39 Å². The molecule has 0 bridgehead atoms. The predicted molar refractivity (Wildman–Crippen MR) is 81.1 cm³/mol. The Morgan fingerprint density at radius 3 is 2.90 bits per heavy atom. The number of ether oxygens (including phenoxy) is 1. The van der Waals surface area contributed by atoms with Crippen LogP contribution in [0.2, 0.25) is 0 Å². The second-order valence-electron chi connectivity index (χ2n) is 4.90. The normalized spacial score (nSPS) is 12.3. The topological polar surface area (TPSA) is 49.9 Å². The maximum atomic E-state index is 13.8. The van der Waals surface area contributed by atoms with Gasteiger partial charge in [-0.3, -0.25) is 5.10 Å². The largest absolute Gasteiger partial charge is 0.494 e. The minimum Gasteiger partial charge on any atom is -0.494 e. The third-order valence-corrected chi connectivity index (χ3v) is 3.52. The molecule has 1 aromatic heterocycles. The van der Waals surface area contributed by atoms with Crippen molar-refractivity contribution < 1.29 is 9.13 Å². The number of fused-ring (bicyclic) bond motifs is 1. The van der Waals surface area contributed by atoms with E-state index in [-0.39, 0.29) is 17.6 Å². The Kier molecular flexibility index (Phi) is 3.48. The second-order valence-corrected chi connectivity index (χ2v) is 4.90. The third kappa shape index (κ3) is 2.54. The van der Waals surface area contributed by atoms with Gasteiger partial charge in [0, 0.05) is 11.4 Å². The van der Waals surface area contributed by atoms with Crippen LogP contribution in [-0.2, 0) is 0 Å². The molecule has 0 aliphatic rings. The van der Waals surface area contributed by atoms with Crippen molar-refractivity contribution in [1.29, 1.82) is 0 Å². The van der Waals surface area contributed by atoms with E-state index in [2.05, 4.69) is 15.5 Å². The number of aromatic nitrogens is 2. The molecule has 1 atom stereocenters. The molecular weight excluding hydrogens is 269 g/mol. The molecule has 0 saturated carbocycles. The van der Waals surface area contributed by atoms with Gasteiger partial charge in [0.2, 0.25) is 0 Å². The molecule has 3 rings (SSSR count). The molecule has 4 nitrogen and oxygen atoms in total. The van der Waals surface area contributed by atoms with Crippen molar-refractivity contribution in [1.82, 2.24) is 10.2 Å². The fraction of sp³-hybridized carbons (Fsp3) is 0.188. The van der Waals surface area contributed by atoms with E-state index in [4.69, 9.17) is 4.74 Å². The van der Waals surface area contributed by atoms with E-state index in [0.29, 0.717) is 0 Å². The zero-order valence-electron chi connectivity index (χ0n) is 11.9. The number of hydrogen-bond donors (Lipinski definition) is 2. The quantitative estimate of drug-likeness (QED) is 0.764. The number of aromatic amines is 1. The lowest BCUT2D eigenvalue weighted by molar-refractivity contribution is 0.386. The van der Waals surface area contributed by atoms with E-state index in [1.807, 2.05) is 31.2 Å². The Morgan fingerprint density at radius 2 is 2.14 bits per heavy atom. The summed E-state index contributed by atoms with van der Waals surface area (Å²) in [6.07, 6.45) is 1.78. The van der Waals surface area contributed by atoms with Crippen LogP contribution < -0.4 is 10.1 Å². The number of benzene rings is 2. The van der Waals surface area contributed by atoms with Crippen molar-refractivity contribution in [2.75, 3.05) is 12.4 Å². The maximum Gasteiger partial charge on any atom is 0.165 e. The van der Waals surface area contributed by atoms with Gasteiger partial charge in [-0.15, -0.1) is 0 Å². The van der Waals surface area contributed by atoms with Gasteiger partial charge in [0.1, 0.15) is 0 Å². The molecule has 108 valence electrons. The molecule has 0 spiro atoms. The van der Waals surface area contributed by atoms with E-state index in [1.54, 1.807) is 12.3 Å². The SMILES string of the molecule is COc1ccc(C(C)Nc2cccc3cn[nH]c23)cc1F. The van der Waals surface area contributed by atoms with Crippen LogP contribution in [0, 0.1) is 5.82 Å². The van der Waals surface area contributed by atoms with Gasteiger partial charge in [0.15, 0.2) is 11.6 Å². The molecule has 0 amide bonds. The number of rotatable bonds is 4. The highest BCUT2D eigenvalue weighted by atomic mass is 19.1. The maximum absolute atomic E-state index is 13.8. The first-order valence-electron chi connectivity index (χ1n) is 6.71. The highest BCUT2D eigenvalue weighted by Crippen LogP contribution is 2.27. The number of nitrogens with one attached hydrogen (secondary N) is 2. The van der Waals surface area contributed by atoms with Crippen LogP contribution in [0.5, 0.6) is 5.75 Å². The summed E-state index contributed by atoms with van der Waals surface area (Å²) in [5.41, 5.74) is 2.73. The predicted octanol–water partition coefficient (Wildman–Crippen LogP) is 3.88. The number of nitrogens with zero attached hydrogens (tertiary/aromatic N) is 1. The highest BCUT2D eigenvalue weighted by Gasteiger charge is 2.11. The van der Waals surface area contributed by atoms with Crippen molar-refractivity contribution in [2.45, 2.75) is 13.0 Å². The summed E-state index contributed by atoms with van der Waals surface area (Å²) in [7, 11) is 1.46. The number of hydrogen-bond acceptors (Lipinski definition) is 3. The molecule has 0 aliphatic heterocycles. The lowest BCUT2D eigenvalue weighted by Crippen LogP contribution is -2.07. The van der Waals surface area contributed by atoms with Crippen molar-refractivity contribution in [3.05, 3.63) is 54.0 Å². The Labute approximate surface area is 121 Å². The monoisotopic (exact) mass is 285 g/mol. The molecule has 2 aromatic carbocycles. The Morgan fingerprint density at radius 1 is 1.29 bits per heavy atom.